The first kappa shape index (κ1) is 60.4. The minimum Gasteiger partial charge on any atom is -0.497 e. The second kappa shape index (κ2) is 26.7. The molecule has 0 atom stereocenters. The summed E-state index contributed by atoms with van der Waals surface area (Å²) in [5.74, 6) is -2.36. The molecular formula is C52H60F2N8O16S3. The molecule has 0 spiro atoms. The molecule has 0 fully saturated rings. The topological polar surface area (TPSA) is 324 Å². The van der Waals surface area contributed by atoms with Gasteiger partial charge in [0.05, 0.1) is 54.2 Å². The number of halogens is 2. The van der Waals surface area contributed by atoms with E-state index in [0.29, 0.717) is 39.3 Å². The van der Waals surface area contributed by atoms with Gasteiger partial charge in [0, 0.05) is 61.1 Å². The zero-order valence-electron chi connectivity index (χ0n) is 42.8. The second-order valence-corrected chi connectivity index (χ2v) is 21.5. The van der Waals surface area contributed by atoms with E-state index in [9.17, 15) is 62.8 Å². The molecular weight excluding hydrogens is 1130 g/mol. The normalized spacial score (nSPS) is 11.0. The Morgan fingerprint density at radius 1 is 0.457 bits per heavy atom. The van der Waals surface area contributed by atoms with Crippen molar-refractivity contribution in [3.8, 4) is 5.75 Å². The van der Waals surface area contributed by atoms with Crippen molar-refractivity contribution < 1.29 is 90.3 Å². The van der Waals surface area contributed by atoms with Crippen molar-refractivity contribution in [1.82, 2.24) is 23.3 Å². The summed E-state index contributed by atoms with van der Waals surface area (Å²) in [5, 5.41) is 9.34. The largest absolute Gasteiger partial charge is 0.497 e. The lowest BCUT2D eigenvalue weighted by atomic mass is 10.2. The number of ether oxygens (including phenoxy) is 4. The molecule has 2 heterocycles. The minimum atomic E-state index is -4.10. The molecule has 8 rings (SSSR count). The van der Waals surface area contributed by atoms with Gasteiger partial charge in [-0.1, -0.05) is 18.2 Å². The van der Waals surface area contributed by atoms with Gasteiger partial charge in [-0.25, -0.2) is 62.6 Å². The van der Waals surface area contributed by atoms with Gasteiger partial charge < -0.3 is 44.0 Å². The Labute approximate surface area is 470 Å². The van der Waals surface area contributed by atoms with E-state index in [0.717, 1.165) is 44.4 Å². The number of hydrogen-bond donors (Lipinski definition) is 6. The van der Waals surface area contributed by atoms with Gasteiger partial charge in [-0.15, -0.1) is 0 Å². The van der Waals surface area contributed by atoms with Crippen molar-refractivity contribution in [3.63, 3.8) is 0 Å². The van der Waals surface area contributed by atoms with Crippen molar-refractivity contribution >= 4 is 105 Å². The third kappa shape index (κ3) is 16.6. The number of rotatable bonds is 15. The summed E-state index contributed by atoms with van der Waals surface area (Å²) in [6, 6.07) is 35.6. The molecule has 0 saturated heterocycles. The van der Waals surface area contributed by atoms with Gasteiger partial charge in [0.25, 0.3) is 36.0 Å². The van der Waals surface area contributed by atoms with Crippen LogP contribution in [-0.2, 0) is 67.0 Å². The second-order valence-electron chi connectivity index (χ2n) is 16.4. The van der Waals surface area contributed by atoms with Crippen LogP contribution in [0.3, 0.4) is 0 Å². The molecule has 0 aliphatic carbocycles. The van der Waals surface area contributed by atoms with Crippen LogP contribution in [0.5, 0.6) is 5.75 Å². The van der Waals surface area contributed by atoms with Crippen LogP contribution in [-0.4, -0.2) is 98.8 Å². The highest BCUT2D eigenvalue weighted by atomic mass is 32.2. The Balaban J connectivity index is 0.00000124. The molecule has 24 nitrogen and oxygen atoms in total. The summed E-state index contributed by atoms with van der Waals surface area (Å²) >= 11 is 0. The van der Waals surface area contributed by atoms with Crippen LogP contribution < -0.4 is 34.9 Å². The van der Waals surface area contributed by atoms with Gasteiger partial charge in [-0.3, -0.25) is 14.4 Å². The van der Waals surface area contributed by atoms with Crippen LogP contribution in [0, 0.1) is 11.6 Å². The Morgan fingerprint density at radius 3 is 1.25 bits per heavy atom. The molecule has 0 bridgehead atoms. The number of amides is 6. The highest BCUT2D eigenvalue weighted by Gasteiger charge is 2.21. The van der Waals surface area contributed by atoms with Crippen LogP contribution in [0.25, 0.3) is 21.8 Å². The van der Waals surface area contributed by atoms with E-state index in [1.54, 1.807) is 68.4 Å². The van der Waals surface area contributed by atoms with Crippen molar-refractivity contribution in [2.75, 3.05) is 44.4 Å². The molecule has 0 aliphatic heterocycles. The van der Waals surface area contributed by atoms with Crippen molar-refractivity contribution in [3.05, 3.63) is 175 Å². The lowest BCUT2D eigenvalue weighted by Crippen LogP contribution is -2.30. The summed E-state index contributed by atoms with van der Waals surface area (Å²) in [6.45, 7) is -0.0981. The molecule has 6 N–H and O–H groups in total. The maximum Gasteiger partial charge on any atom is 0.420 e. The maximum absolute atomic E-state index is 13.5. The first-order valence-corrected chi connectivity index (χ1v) is 27.5. The molecule has 0 saturated carbocycles. The number of methoxy groups -OCH3 is 4. The third-order valence-electron chi connectivity index (χ3n) is 11.0. The smallest absolute Gasteiger partial charge is 0.420 e. The number of hydrogen-bond acceptors (Lipinski definition) is 16. The maximum atomic E-state index is 13.5. The van der Waals surface area contributed by atoms with Crippen molar-refractivity contribution in [2.45, 2.75) is 27.8 Å². The van der Waals surface area contributed by atoms with E-state index in [1.165, 1.54) is 83.6 Å². The molecule has 29 heteroatoms. The van der Waals surface area contributed by atoms with Crippen LogP contribution in [0.2, 0.25) is 0 Å². The number of carbonyl (C=O) groups excluding carboxylic acids is 6. The average molecular weight is 1190 g/mol. The summed E-state index contributed by atoms with van der Waals surface area (Å²) < 4.78 is 125. The van der Waals surface area contributed by atoms with Gasteiger partial charge in [0.2, 0.25) is 11.8 Å². The van der Waals surface area contributed by atoms with Crippen molar-refractivity contribution in [2.24, 2.45) is 0 Å². The summed E-state index contributed by atoms with van der Waals surface area (Å²) in [7, 11) is -7.41. The molecule has 0 radical (unpaired) electrons. The number of anilines is 3. The Morgan fingerprint density at radius 2 is 0.840 bits per heavy atom. The van der Waals surface area contributed by atoms with E-state index < -0.39 is 65.9 Å². The quantitative estimate of drug-likeness (QED) is 0.0525. The fraction of sp³-hybridized carbons (Fsp3) is 0.115. The lowest BCUT2D eigenvalue weighted by Gasteiger charge is -2.09. The Kier molecular flexibility index (Phi) is 19.9. The third-order valence-corrected chi connectivity index (χ3v) is 15.0. The number of nitrogens with zero attached hydrogens (tertiary/aromatic N) is 2. The van der Waals surface area contributed by atoms with Gasteiger partial charge in [0.15, 0.2) is 11.6 Å². The van der Waals surface area contributed by atoms with E-state index in [4.69, 9.17) is 4.74 Å². The van der Waals surface area contributed by atoms with Crippen LogP contribution in [0.1, 0.15) is 18.9 Å². The molecule has 81 heavy (non-hydrogen) atoms. The number of benzene rings is 6. The van der Waals surface area contributed by atoms with E-state index >= 15 is 0 Å². The predicted octanol–water partition coefficient (Wildman–Crippen LogP) is 8.40. The summed E-state index contributed by atoms with van der Waals surface area (Å²) in [6.07, 6.45) is 0.0387. The average Bonchev–Trinajstić information content (AvgIpc) is 4.07. The van der Waals surface area contributed by atoms with Gasteiger partial charge in [0.1, 0.15) is 18.8 Å². The van der Waals surface area contributed by atoms with Gasteiger partial charge in [-0.05, 0) is 121 Å². The Hall–Kier alpha value is -9.87. The molecule has 6 aromatic carbocycles. The van der Waals surface area contributed by atoms with E-state index in [-0.39, 0.29) is 48.2 Å². The molecule has 6 amide bonds. The van der Waals surface area contributed by atoms with Gasteiger partial charge >= 0.3 is 18.3 Å². The van der Waals surface area contributed by atoms with Crippen LogP contribution in [0.15, 0.2) is 173 Å². The van der Waals surface area contributed by atoms with E-state index in [1.807, 2.05) is 24.3 Å². The standard InChI is InChI=1S/C19H19N3O6S.C18H15F2N3O5S.C15H14N2O5S.6H2/c1-27-15-6-3-13-9-10-22(17(13)11-15)12-18(23)20-14-4-7-16(8-5-14)29(25,26)21-19(24)28-2;1-28-18(25)22-29(26,27)13-4-2-12(3-5-13)21-17(24)10-23-7-6-11-8-14(19)15(20)9-16(11)23;1-22-15(19)17-23(20,21)13-9-7-12(8-10-13)16-14(18)11-5-3-2-4-6-11;;;;;;/h3-11H,12H2,1-2H3,(H,20,23)(H,21,24);2-9H,10H2,1H3,(H,21,24)(H,22,25);2-10H,1H3,(H,16,18)(H,17,19);6*1H. The Bertz CT molecular complexity index is 3990. The first-order chi connectivity index (χ1) is 38.4. The van der Waals surface area contributed by atoms with Crippen LogP contribution >= 0.6 is 0 Å². The molecule has 436 valence electrons. The molecule has 2 aromatic heterocycles. The number of aromatic nitrogens is 2. The SMILES string of the molecule is COC(=O)NS(=O)(=O)c1ccc(NC(=O)Cn2ccc3cc(F)c(F)cc32)cc1.COC(=O)NS(=O)(=O)c1ccc(NC(=O)Cn2ccc3ccc(OC)cc32)cc1.COC(=O)NS(=O)(=O)c1ccc(NC(=O)c2ccccc2)cc1.[HH].[HH].[HH].[HH].[HH].[HH]. The molecule has 8 aromatic rings. The number of sulfonamides is 3. The minimum absolute atomic E-state index is 0. The fourth-order valence-corrected chi connectivity index (χ4v) is 9.78. The number of carbonyl (C=O) groups is 6. The monoisotopic (exact) mass is 1190 g/mol. The zero-order chi connectivity index (χ0) is 59.1. The van der Waals surface area contributed by atoms with Crippen molar-refractivity contribution in [1.29, 1.82) is 0 Å². The molecule has 0 aliphatic rings. The highest BCUT2D eigenvalue weighted by Crippen LogP contribution is 2.24. The summed E-state index contributed by atoms with van der Waals surface area (Å²) in [4.78, 5) is 69.4. The zero-order valence-corrected chi connectivity index (χ0v) is 45.3. The number of nitrogens with one attached hydrogen (secondary N) is 6. The van der Waals surface area contributed by atoms with Gasteiger partial charge in [-0.2, -0.15) is 0 Å². The van der Waals surface area contributed by atoms with Crippen LogP contribution in [0.4, 0.5) is 40.2 Å². The lowest BCUT2D eigenvalue weighted by molar-refractivity contribution is -0.117. The predicted molar refractivity (Wildman–Crippen MR) is 302 cm³/mol. The molecule has 0 unspecified atom stereocenters. The first-order valence-electron chi connectivity index (χ1n) is 23.1. The fourth-order valence-electron chi connectivity index (χ4n) is 7.04. The number of fused-ring (bicyclic) bond motifs is 2. The summed E-state index contributed by atoms with van der Waals surface area (Å²) in [5.41, 5.74) is 2.85. The highest BCUT2D eigenvalue weighted by molar-refractivity contribution is 7.90. The van der Waals surface area contributed by atoms with E-state index in [2.05, 4.69) is 30.2 Å².